The number of carbonyl (C=O) groups excluding carboxylic acids is 1. The van der Waals surface area contributed by atoms with E-state index in [1.807, 2.05) is 5.38 Å². The quantitative estimate of drug-likeness (QED) is 0.861. The van der Waals surface area contributed by atoms with Crippen LogP contribution >= 0.6 is 11.3 Å². The molecule has 0 bridgehead atoms. The molecule has 1 aromatic heterocycles. The van der Waals surface area contributed by atoms with Gasteiger partial charge in [0.25, 0.3) is 5.91 Å². The normalized spacial score (nSPS) is 30.2. The van der Waals surface area contributed by atoms with Crippen LogP contribution in [-0.4, -0.2) is 52.9 Å². The van der Waals surface area contributed by atoms with Gasteiger partial charge in [-0.3, -0.25) is 4.79 Å². The first-order valence-corrected chi connectivity index (χ1v) is 9.08. The number of likely N-dealkylation sites (N-methyl/N-ethyl adjacent to an activating group) is 1. The fourth-order valence-electron chi connectivity index (χ4n) is 3.92. The number of aromatic nitrogens is 1. The van der Waals surface area contributed by atoms with Crippen LogP contribution in [0.4, 0.5) is 0 Å². The molecule has 0 radical (unpaired) electrons. The first-order chi connectivity index (χ1) is 10.2. The van der Waals surface area contributed by atoms with E-state index in [-0.39, 0.29) is 5.91 Å². The Hall–Kier alpha value is -0.940. The molecular weight excluding hydrogens is 282 g/mol. The Balaban J connectivity index is 1.51. The van der Waals surface area contributed by atoms with Crippen LogP contribution < -0.4 is 0 Å². The molecule has 2 atom stereocenters. The fraction of sp³-hybridized carbons (Fsp3) is 0.750. The summed E-state index contributed by atoms with van der Waals surface area (Å²) in [6, 6.07) is 0.953. The smallest absolute Gasteiger partial charge is 0.273 e. The Bertz CT molecular complexity index is 539. The van der Waals surface area contributed by atoms with Crippen molar-refractivity contribution in [3.05, 3.63) is 16.1 Å². The minimum Gasteiger partial charge on any atom is -0.333 e. The van der Waals surface area contributed by atoms with Crippen molar-refractivity contribution in [2.24, 2.45) is 0 Å². The minimum atomic E-state index is 0.168. The highest BCUT2D eigenvalue weighted by molar-refractivity contribution is 7.10. The molecule has 4 nitrogen and oxygen atoms in total. The van der Waals surface area contributed by atoms with Crippen molar-refractivity contribution in [2.75, 3.05) is 20.1 Å². The second-order valence-electron chi connectivity index (χ2n) is 6.74. The Morgan fingerprint density at radius 2 is 1.95 bits per heavy atom. The van der Waals surface area contributed by atoms with Crippen molar-refractivity contribution in [3.8, 4) is 0 Å². The van der Waals surface area contributed by atoms with Crippen LogP contribution in [0.15, 0.2) is 5.38 Å². The van der Waals surface area contributed by atoms with Crippen molar-refractivity contribution in [3.63, 3.8) is 0 Å². The van der Waals surface area contributed by atoms with Gasteiger partial charge in [0.15, 0.2) is 0 Å². The number of hydrogen-bond acceptors (Lipinski definition) is 4. The maximum atomic E-state index is 12.8. The Kier molecular flexibility index (Phi) is 3.50. The van der Waals surface area contributed by atoms with Crippen LogP contribution in [0.2, 0.25) is 0 Å². The first kappa shape index (κ1) is 13.7. The first-order valence-electron chi connectivity index (χ1n) is 8.20. The predicted octanol–water partition coefficient (Wildman–Crippen LogP) is 2.72. The molecule has 2 aliphatic heterocycles. The van der Waals surface area contributed by atoms with Crippen molar-refractivity contribution in [2.45, 2.75) is 56.5 Å². The molecule has 21 heavy (non-hydrogen) atoms. The van der Waals surface area contributed by atoms with Crippen LogP contribution in [-0.2, 0) is 0 Å². The van der Waals surface area contributed by atoms with Gasteiger partial charge in [-0.25, -0.2) is 4.98 Å². The summed E-state index contributed by atoms with van der Waals surface area (Å²) in [7, 11) is 2.20. The van der Waals surface area contributed by atoms with E-state index in [1.54, 1.807) is 11.3 Å². The van der Waals surface area contributed by atoms with Crippen molar-refractivity contribution >= 4 is 17.2 Å². The summed E-state index contributed by atoms with van der Waals surface area (Å²) >= 11 is 1.67. The number of carbonyl (C=O) groups is 1. The lowest BCUT2D eigenvalue weighted by Crippen LogP contribution is -2.47. The molecule has 3 fully saturated rings. The topological polar surface area (TPSA) is 36.4 Å². The molecule has 0 aromatic carbocycles. The molecule has 0 spiro atoms. The lowest BCUT2D eigenvalue weighted by atomic mass is 10.0. The fourth-order valence-corrected chi connectivity index (χ4v) is 4.88. The van der Waals surface area contributed by atoms with E-state index in [4.69, 9.17) is 0 Å². The molecule has 1 amide bonds. The van der Waals surface area contributed by atoms with Gasteiger partial charge in [-0.15, -0.1) is 11.3 Å². The maximum Gasteiger partial charge on any atom is 0.273 e. The average Bonchev–Trinajstić information content (AvgIpc) is 2.93. The SMILES string of the molecule is CN1CCCC1C1CCCN1C(=O)c1csc(C2CC2)n1. The number of likely N-dealkylation sites (tertiary alicyclic amines) is 2. The van der Waals surface area contributed by atoms with Crippen LogP contribution in [0.1, 0.15) is 59.9 Å². The molecular formula is C16H23N3OS. The highest BCUT2D eigenvalue weighted by Gasteiger charge is 2.39. The van der Waals surface area contributed by atoms with Gasteiger partial charge in [-0.05, 0) is 52.1 Å². The van der Waals surface area contributed by atoms with E-state index in [1.165, 1.54) is 37.2 Å². The van der Waals surface area contributed by atoms with E-state index in [0.29, 0.717) is 23.7 Å². The maximum absolute atomic E-state index is 12.8. The monoisotopic (exact) mass is 305 g/mol. The summed E-state index contributed by atoms with van der Waals surface area (Å²) in [5.41, 5.74) is 0.689. The van der Waals surface area contributed by atoms with E-state index < -0.39 is 0 Å². The van der Waals surface area contributed by atoms with Gasteiger partial charge in [-0.1, -0.05) is 0 Å². The highest BCUT2D eigenvalue weighted by Crippen LogP contribution is 2.41. The summed E-state index contributed by atoms with van der Waals surface area (Å²) in [6.45, 7) is 2.08. The molecule has 3 aliphatic rings. The molecule has 4 rings (SSSR count). The number of thiazole rings is 1. The van der Waals surface area contributed by atoms with E-state index in [0.717, 1.165) is 19.4 Å². The van der Waals surface area contributed by atoms with Gasteiger partial charge < -0.3 is 9.80 Å². The average molecular weight is 305 g/mol. The standard InChI is InChI=1S/C16H23N3OS/c1-18-8-2-4-13(18)14-5-3-9-19(14)16(20)12-10-21-15(17-12)11-6-7-11/h10-11,13-14H,2-9H2,1H3. The summed E-state index contributed by atoms with van der Waals surface area (Å²) in [5, 5.41) is 3.15. The van der Waals surface area contributed by atoms with Gasteiger partial charge in [0, 0.05) is 29.9 Å². The number of hydrogen-bond donors (Lipinski definition) is 0. The van der Waals surface area contributed by atoms with Crippen molar-refractivity contribution in [1.29, 1.82) is 0 Å². The molecule has 1 saturated carbocycles. The molecule has 1 aromatic rings. The largest absolute Gasteiger partial charge is 0.333 e. The van der Waals surface area contributed by atoms with Gasteiger partial charge in [-0.2, -0.15) is 0 Å². The van der Waals surface area contributed by atoms with E-state index in [2.05, 4.69) is 21.8 Å². The molecule has 114 valence electrons. The lowest BCUT2D eigenvalue weighted by molar-refractivity contribution is 0.0659. The number of rotatable bonds is 3. The van der Waals surface area contributed by atoms with Crippen LogP contribution in [0, 0.1) is 0 Å². The zero-order valence-electron chi connectivity index (χ0n) is 12.6. The number of nitrogens with zero attached hydrogens (tertiary/aromatic N) is 3. The van der Waals surface area contributed by atoms with Gasteiger partial charge in [0.05, 0.1) is 5.01 Å². The summed E-state index contributed by atoms with van der Waals surface area (Å²) in [4.78, 5) is 22.0. The molecule has 2 unspecified atom stereocenters. The Morgan fingerprint density at radius 3 is 2.67 bits per heavy atom. The minimum absolute atomic E-state index is 0.168. The molecule has 5 heteroatoms. The van der Waals surface area contributed by atoms with Crippen molar-refractivity contribution in [1.82, 2.24) is 14.8 Å². The predicted molar refractivity (Wildman–Crippen MR) is 83.8 cm³/mol. The Morgan fingerprint density at radius 1 is 1.19 bits per heavy atom. The highest BCUT2D eigenvalue weighted by atomic mass is 32.1. The van der Waals surface area contributed by atoms with E-state index >= 15 is 0 Å². The molecule has 2 saturated heterocycles. The van der Waals surface area contributed by atoms with Crippen LogP contribution in [0.3, 0.4) is 0 Å². The second-order valence-corrected chi connectivity index (χ2v) is 7.63. The zero-order chi connectivity index (χ0) is 14.4. The zero-order valence-corrected chi connectivity index (χ0v) is 13.4. The summed E-state index contributed by atoms with van der Waals surface area (Å²) in [5.74, 6) is 0.813. The van der Waals surface area contributed by atoms with E-state index in [9.17, 15) is 4.79 Å². The molecule has 1 aliphatic carbocycles. The van der Waals surface area contributed by atoms with Gasteiger partial charge in [0.1, 0.15) is 5.69 Å². The Labute approximate surface area is 130 Å². The third-order valence-corrected chi connectivity index (χ3v) is 6.26. The van der Waals surface area contributed by atoms with Gasteiger partial charge in [0.2, 0.25) is 0 Å². The third-order valence-electron chi connectivity index (χ3n) is 5.25. The lowest BCUT2D eigenvalue weighted by Gasteiger charge is -2.32. The van der Waals surface area contributed by atoms with Crippen LogP contribution in [0.25, 0.3) is 0 Å². The van der Waals surface area contributed by atoms with Crippen molar-refractivity contribution < 1.29 is 4.79 Å². The second kappa shape index (κ2) is 5.36. The third kappa shape index (κ3) is 2.50. The number of amides is 1. The molecule has 0 N–H and O–H groups in total. The summed E-state index contributed by atoms with van der Waals surface area (Å²) < 4.78 is 0. The van der Waals surface area contributed by atoms with Gasteiger partial charge >= 0.3 is 0 Å². The molecule has 3 heterocycles. The summed E-state index contributed by atoms with van der Waals surface area (Å²) in [6.07, 6.45) is 7.29. The van der Waals surface area contributed by atoms with Crippen LogP contribution in [0.5, 0.6) is 0 Å².